The Morgan fingerprint density at radius 1 is 1.47 bits per heavy atom. The van der Waals surface area contributed by atoms with E-state index in [4.69, 9.17) is 9.84 Å². The molecule has 0 saturated carbocycles. The topological polar surface area (TPSA) is 41.5 Å². The zero-order chi connectivity index (χ0) is 12.9. The molecule has 0 aliphatic rings. The summed E-state index contributed by atoms with van der Waals surface area (Å²) in [5.41, 5.74) is 0.853. The van der Waals surface area contributed by atoms with Crippen LogP contribution in [0.15, 0.2) is 22.7 Å². The Labute approximate surface area is 107 Å². The van der Waals surface area contributed by atoms with Crippen LogP contribution < -0.4 is 10.1 Å². The molecule has 0 aliphatic carbocycles. The van der Waals surface area contributed by atoms with Gasteiger partial charge in [0.15, 0.2) is 0 Å². The van der Waals surface area contributed by atoms with Gasteiger partial charge in [0.05, 0.1) is 18.1 Å². The Balaban J connectivity index is 2.50. The predicted octanol–water partition coefficient (Wildman–Crippen LogP) is 2.17. The normalized spacial score (nSPS) is 11.6. The van der Waals surface area contributed by atoms with Crippen LogP contribution in [0.4, 0.5) is 8.78 Å². The van der Waals surface area contributed by atoms with Gasteiger partial charge in [0.25, 0.3) is 5.92 Å². The first kappa shape index (κ1) is 14.3. The van der Waals surface area contributed by atoms with Crippen molar-refractivity contribution < 1.29 is 18.6 Å². The fourth-order valence-corrected chi connectivity index (χ4v) is 1.85. The molecule has 0 spiro atoms. The fraction of sp³-hybridized carbons (Fsp3) is 0.455. The minimum Gasteiger partial charge on any atom is -0.496 e. The first-order valence-electron chi connectivity index (χ1n) is 5.00. The van der Waals surface area contributed by atoms with Crippen molar-refractivity contribution in [3.63, 3.8) is 0 Å². The smallest absolute Gasteiger partial charge is 0.282 e. The molecule has 0 bridgehead atoms. The van der Waals surface area contributed by atoms with Crippen LogP contribution in [0.5, 0.6) is 5.75 Å². The Hall–Kier alpha value is -0.720. The molecule has 0 heterocycles. The van der Waals surface area contributed by atoms with Gasteiger partial charge in [0, 0.05) is 6.54 Å². The van der Waals surface area contributed by atoms with E-state index < -0.39 is 19.1 Å². The van der Waals surface area contributed by atoms with Gasteiger partial charge in [-0.3, -0.25) is 0 Å². The fourth-order valence-electron chi connectivity index (χ4n) is 1.27. The molecule has 0 aliphatic heterocycles. The van der Waals surface area contributed by atoms with Crippen molar-refractivity contribution in [2.24, 2.45) is 0 Å². The summed E-state index contributed by atoms with van der Waals surface area (Å²) >= 11 is 3.31. The minimum absolute atomic E-state index is 0.304. The molecule has 96 valence electrons. The Kier molecular flexibility index (Phi) is 5.30. The van der Waals surface area contributed by atoms with E-state index >= 15 is 0 Å². The average molecular weight is 310 g/mol. The van der Waals surface area contributed by atoms with Gasteiger partial charge in [0.1, 0.15) is 12.4 Å². The van der Waals surface area contributed by atoms with Crippen LogP contribution in [-0.4, -0.2) is 31.3 Å². The Morgan fingerprint density at radius 2 is 2.18 bits per heavy atom. The Bertz CT molecular complexity index is 374. The SMILES string of the molecule is COc1ccc(CNCC(F)(F)CO)cc1Br. The number of ether oxygens (including phenoxy) is 1. The molecule has 17 heavy (non-hydrogen) atoms. The molecule has 1 rings (SSSR count). The first-order chi connectivity index (χ1) is 7.98. The van der Waals surface area contributed by atoms with Gasteiger partial charge < -0.3 is 15.2 Å². The van der Waals surface area contributed by atoms with Gasteiger partial charge in [-0.1, -0.05) is 6.07 Å². The third-order valence-electron chi connectivity index (χ3n) is 2.16. The average Bonchev–Trinajstić information content (AvgIpc) is 2.29. The maximum absolute atomic E-state index is 12.7. The van der Waals surface area contributed by atoms with Crippen LogP contribution in [-0.2, 0) is 6.54 Å². The number of rotatable bonds is 6. The number of methoxy groups -OCH3 is 1. The van der Waals surface area contributed by atoms with Gasteiger partial charge in [-0.2, -0.15) is 0 Å². The number of hydrogen-bond donors (Lipinski definition) is 2. The molecule has 1 aromatic carbocycles. The summed E-state index contributed by atoms with van der Waals surface area (Å²) in [6.45, 7) is -1.39. The van der Waals surface area contributed by atoms with Crippen molar-refractivity contribution in [3.8, 4) is 5.75 Å². The van der Waals surface area contributed by atoms with Crippen LogP contribution in [0, 0.1) is 0 Å². The summed E-state index contributed by atoms with van der Waals surface area (Å²) in [6, 6.07) is 5.34. The summed E-state index contributed by atoms with van der Waals surface area (Å²) < 4.78 is 31.3. The number of benzene rings is 1. The van der Waals surface area contributed by atoms with Crippen molar-refractivity contribution in [1.29, 1.82) is 0 Å². The molecule has 0 amide bonds. The highest BCUT2D eigenvalue weighted by molar-refractivity contribution is 9.10. The van der Waals surface area contributed by atoms with Crippen LogP contribution in [0.2, 0.25) is 0 Å². The van der Waals surface area contributed by atoms with Gasteiger partial charge >= 0.3 is 0 Å². The van der Waals surface area contributed by atoms with Crippen LogP contribution in [0.3, 0.4) is 0 Å². The monoisotopic (exact) mass is 309 g/mol. The van der Waals surface area contributed by atoms with Gasteiger partial charge in [-0.25, -0.2) is 8.78 Å². The first-order valence-corrected chi connectivity index (χ1v) is 5.79. The van der Waals surface area contributed by atoms with Crippen LogP contribution >= 0.6 is 15.9 Å². The molecule has 3 nitrogen and oxygen atoms in total. The summed E-state index contributed by atoms with van der Waals surface area (Å²) in [4.78, 5) is 0. The van der Waals surface area contributed by atoms with Crippen LogP contribution in [0.1, 0.15) is 5.56 Å². The highest BCUT2D eigenvalue weighted by atomic mass is 79.9. The van der Waals surface area contributed by atoms with Crippen molar-refractivity contribution in [3.05, 3.63) is 28.2 Å². The van der Waals surface area contributed by atoms with E-state index in [9.17, 15) is 8.78 Å². The molecule has 0 fully saturated rings. The van der Waals surface area contributed by atoms with Crippen LogP contribution in [0.25, 0.3) is 0 Å². The standard InChI is InChI=1S/C11H14BrF2NO2/c1-17-10-3-2-8(4-9(10)12)5-15-6-11(13,14)7-16/h2-4,15-16H,5-7H2,1H3. The highest BCUT2D eigenvalue weighted by Crippen LogP contribution is 2.25. The molecule has 0 saturated heterocycles. The number of aliphatic hydroxyl groups is 1. The summed E-state index contributed by atoms with van der Waals surface area (Å²) in [5.74, 6) is -2.39. The molecular weight excluding hydrogens is 296 g/mol. The highest BCUT2D eigenvalue weighted by Gasteiger charge is 2.26. The van der Waals surface area contributed by atoms with E-state index in [1.54, 1.807) is 25.3 Å². The Morgan fingerprint density at radius 3 is 2.71 bits per heavy atom. The molecule has 0 radical (unpaired) electrons. The number of nitrogens with one attached hydrogen (secondary N) is 1. The molecule has 0 atom stereocenters. The van der Waals surface area contributed by atoms with E-state index in [-0.39, 0.29) is 0 Å². The molecule has 6 heteroatoms. The number of hydrogen-bond acceptors (Lipinski definition) is 3. The van der Waals surface area contributed by atoms with E-state index in [2.05, 4.69) is 21.2 Å². The zero-order valence-corrected chi connectivity index (χ0v) is 10.9. The molecule has 0 aromatic heterocycles. The molecule has 0 unspecified atom stereocenters. The lowest BCUT2D eigenvalue weighted by Crippen LogP contribution is -2.35. The van der Waals surface area contributed by atoms with Crippen molar-refractivity contribution in [1.82, 2.24) is 5.32 Å². The third kappa shape index (κ3) is 4.57. The lowest BCUT2D eigenvalue weighted by atomic mass is 10.2. The lowest BCUT2D eigenvalue weighted by molar-refractivity contribution is -0.0477. The number of aliphatic hydroxyl groups excluding tert-OH is 1. The molecule has 1 aromatic rings. The van der Waals surface area contributed by atoms with Crippen molar-refractivity contribution in [2.45, 2.75) is 12.5 Å². The van der Waals surface area contributed by atoms with Crippen molar-refractivity contribution in [2.75, 3.05) is 20.3 Å². The second-order valence-corrected chi connectivity index (χ2v) is 4.44. The van der Waals surface area contributed by atoms with E-state index in [1.807, 2.05) is 0 Å². The molecule has 2 N–H and O–H groups in total. The number of alkyl halides is 2. The van der Waals surface area contributed by atoms with Gasteiger partial charge in [-0.15, -0.1) is 0 Å². The van der Waals surface area contributed by atoms with E-state index in [0.717, 1.165) is 10.0 Å². The van der Waals surface area contributed by atoms with E-state index in [0.29, 0.717) is 12.3 Å². The maximum Gasteiger partial charge on any atom is 0.282 e. The lowest BCUT2D eigenvalue weighted by Gasteiger charge is -2.14. The summed E-state index contributed by atoms with van der Waals surface area (Å²) in [7, 11) is 1.56. The minimum atomic E-state index is -3.08. The largest absolute Gasteiger partial charge is 0.496 e. The third-order valence-corrected chi connectivity index (χ3v) is 2.78. The molecular formula is C11H14BrF2NO2. The quantitative estimate of drug-likeness (QED) is 0.846. The zero-order valence-electron chi connectivity index (χ0n) is 9.34. The second-order valence-electron chi connectivity index (χ2n) is 3.59. The summed E-state index contributed by atoms with van der Waals surface area (Å²) in [6.07, 6.45) is 0. The van der Waals surface area contributed by atoms with E-state index in [1.165, 1.54) is 0 Å². The van der Waals surface area contributed by atoms with Crippen molar-refractivity contribution >= 4 is 15.9 Å². The van der Waals surface area contributed by atoms with Gasteiger partial charge in [0.2, 0.25) is 0 Å². The maximum atomic E-state index is 12.7. The predicted molar refractivity (Wildman–Crippen MR) is 64.4 cm³/mol. The summed E-state index contributed by atoms with van der Waals surface area (Å²) in [5, 5.41) is 11.0. The second kappa shape index (κ2) is 6.28. The van der Waals surface area contributed by atoms with Gasteiger partial charge in [-0.05, 0) is 33.6 Å². The number of halogens is 3.